The van der Waals surface area contributed by atoms with E-state index in [2.05, 4.69) is 31.8 Å². The smallest absolute Gasteiger partial charge is 0.0302 e. The fourth-order valence-corrected chi connectivity index (χ4v) is 1.02. The number of nitrogens with zero attached hydrogens (tertiary/aromatic N) is 1. The first-order valence-electron chi connectivity index (χ1n) is 4.18. The van der Waals surface area contributed by atoms with Gasteiger partial charge in [0.05, 0.1) is 0 Å². The third kappa shape index (κ3) is 2.04. The molecule has 0 amide bonds. The fraction of sp³-hybridized carbons (Fsp3) is 0.500. The predicted octanol–water partition coefficient (Wildman–Crippen LogP) is 2.77. The maximum atomic E-state index is 4.18. The Morgan fingerprint density at radius 2 is 2.09 bits per heavy atom. The van der Waals surface area contributed by atoms with Gasteiger partial charge in [0.1, 0.15) is 0 Å². The van der Waals surface area contributed by atoms with Crippen molar-refractivity contribution >= 4 is 0 Å². The van der Waals surface area contributed by atoms with Gasteiger partial charge in [-0.2, -0.15) is 0 Å². The van der Waals surface area contributed by atoms with Crippen molar-refractivity contribution in [3.05, 3.63) is 29.6 Å². The van der Waals surface area contributed by atoms with Gasteiger partial charge in [-0.05, 0) is 23.5 Å². The largest absolute Gasteiger partial charge is 0.264 e. The van der Waals surface area contributed by atoms with Crippen LogP contribution in [-0.4, -0.2) is 4.98 Å². The third-order valence-corrected chi connectivity index (χ3v) is 1.89. The highest BCUT2D eigenvalue weighted by Gasteiger charge is 1.98. The Labute approximate surface area is 68.5 Å². The van der Waals surface area contributed by atoms with E-state index in [0.29, 0.717) is 5.92 Å². The molecule has 1 rings (SSSR count). The molecule has 1 heteroatoms. The minimum Gasteiger partial charge on any atom is -0.264 e. The topological polar surface area (TPSA) is 12.9 Å². The predicted molar refractivity (Wildman–Crippen MR) is 47.7 cm³/mol. The molecular formula is C10H15N. The molecule has 0 saturated carbocycles. The second-order valence-corrected chi connectivity index (χ2v) is 3.13. The number of hydrogen-bond acceptors (Lipinski definition) is 1. The summed E-state index contributed by atoms with van der Waals surface area (Å²) in [6, 6.07) is 2.23. The zero-order chi connectivity index (χ0) is 8.27. The summed E-state index contributed by atoms with van der Waals surface area (Å²) in [5.41, 5.74) is 2.67. The number of rotatable bonds is 2. The lowest BCUT2D eigenvalue weighted by atomic mass is 10.0. The SMILES string of the molecule is CCc1cncc(C(C)C)c1. The molecule has 0 aliphatic rings. The Bertz CT molecular complexity index is 228. The summed E-state index contributed by atoms with van der Waals surface area (Å²) < 4.78 is 0. The Balaban J connectivity index is 2.91. The summed E-state index contributed by atoms with van der Waals surface area (Å²) in [6.45, 7) is 6.54. The van der Waals surface area contributed by atoms with Crippen molar-refractivity contribution in [2.45, 2.75) is 33.1 Å². The van der Waals surface area contributed by atoms with Crippen molar-refractivity contribution in [1.82, 2.24) is 4.98 Å². The second-order valence-electron chi connectivity index (χ2n) is 3.13. The molecule has 0 aliphatic heterocycles. The maximum absolute atomic E-state index is 4.18. The molecule has 0 aromatic carbocycles. The number of aryl methyl sites for hydroxylation is 1. The van der Waals surface area contributed by atoms with E-state index in [4.69, 9.17) is 0 Å². The lowest BCUT2D eigenvalue weighted by molar-refractivity contribution is 0.852. The Morgan fingerprint density at radius 3 is 2.64 bits per heavy atom. The van der Waals surface area contributed by atoms with E-state index in [0.717, 1.165) is 6.42 Å². The van der Waals surface area contributed by atoms with E-state index in [1.807, 2.05) is 12.4 Å². The highest BCUT2D eigenvalue weighted by molar-refractivity contribution is 5.20. The van der Waals surface area contributed by atoms with Gasteiger partial charge in [-0.15, -0.1) is 0 Å². The lowest BCUT2D eigenvalue weighted by Gasteiger charge is -2.05. The maximum Gasteiger partial charge on any atom is 0.0302 e. The summed E-state index contributed by atoms with van der Waals surface area (Å²) in [5.74, 6) is 0.592. The lowest BCUT2D eigenvalue weighted by Crippen LogP contribution is -1.91. The van der Waals surface area contributed by atoms with Crippen molar-refractivity contribution in [1.29, 1.82) is 0 Å². The van der Waals surface area contributed by atoms with Crippen molar-refractivity contribution in [3.8, 4) is 0 Å². The van der Waals surface area contributed by atoms with Crippen LogP contribution in [0.5, 0.6) is 0 Å². The van der Waals surface area contributed by atoms with E-state index in [-0.39, 0.29) is 0 Å². The quantitative estimate of drug-likeness (QED) is 0.630. The molecule has 0 radical (unpaired) electrons. The van der Waals surface area contributed by atoms with Crippen LogP contribution in [-0.2, 0) is 6.42 Å². The molecule has 0 saturated heterocycles. The van der Waals surface area contributed by atoms with Crippen LogP contribution >= 0.6 is 0 Å². The van der Waals surface area contributed by atoms with Crippen molar-refractivity contribution in [2.75, 3.05) is 0 Å². The number of hydrogen-bond donors (Lipinski definition) is 0. The zero-order valence-electron chi connectivity index (χ0n) is 7.46. The van der Waals surface area contributed by atoms with Crippen LogP contribution in [0.15, 0.2) is 18.5 Å². The van der Waals surface area contributed by atoms with E-state index in [1.54, 1.807) is 0 Å². The molecule has 1 aromatic rings. The summed E-state index contributed by atoms with van der Waals surface area (Å²) in [7, 11) is 0. The summed E-state index contributed by atoms with van der Waals surface area (Å²) in [5, 5.41) is 0. The standard InChI is InChI=1S/C10H15N/c1-4-9-5-10(8(2)3)7-11-6-9/h5-8H,4H2,1-3H3. The fourth-order valence-electron chi connectivity index (χ4n) is 1.02. The van der Waals surface area contributed by atoms with E-state index >= 15 is 0 Å². The van der Waals surface area contributed by atoms with E-state index in [1.165, 1.54) is 11.1 Å². The molecule has 1 nitrogen and oxygen atoms in total. The molecule has 0 aliphatic carbocycles. The van der Waals surface area contributed by atoms with Gasteiger partial charge in [0.25, 0.3) is 0 Å². The van der Waals surface area contributed by atoms with Gasteiger partial charge in [-0.25, -0.2) is 0 Å². The van der Waals surface area contributed by atoms with Crippen molar-refractivity contribution in [3.63, 3.8) is 0 Å². The second kappa shape index (κ2) is 3.51. The van der Waals surface area contributed by atoms with Crippen LogP contribution in [0.25, 0.3) is 0 Å². The Kier molecular flexibility index (Phi) is 2.64. The first kappa shape index (κ1) is 8.25. The van der Waals surface area contributed by atoms with Crippen LogP contribution in [0.4, 0.5) is 0 Å². The minimum atomic E-state index is 0.592. The molecule has 1 heterocycles. The first-order valence-corrected chi connectivity index (χ1v) is 4.18. The molecule has 1 aromatic heterocycles. The van der Waals surface area contributed by atoms with E-state index < -0.39 is 0 Å². The van der Waals surface area contributed by atoms with Gasteiger partial charge in [0, 0.05) is 12.4 Å². The number of aromatic nitrogens is 1. The number of pyridine rings is 1. The molecule has 0 unspecified atom stereocenters. The average molecular weight is 149 g/mol. The van der Waals surface area contributed by atoms with Crippen LogP contribution < -0.4 is 0 Å². The Hall–Kier alpha value is -0.850. The molecule has 0 N–H and O–H groups in total. The summed E-state index contributed by atoms with van der Waals surface area (Å²) in [4.78, 5) is 4.18. The van der Waals surface area contributed by atoms with Gasteiger partial charge in [-0.3, -0.25) is 4.98 Å². The van der Waals surface area contributed by atoms with Crippen molar-refractivity contribution < 1.29 is 0 Å². The highest BCUT2D eigenvalue weighted by Crippen LogP contribution is 2.13. The van der Waals surface area contributed by atoms with Crippen molar-refractivity contribution in [2.24, 2.45) is 0 Å². The van der Waals surface area contributed by atoms with Gasteiger partial charge >= 0.3 is 0 Å². The monoisotopic (exact) mass is 149 g/mol. The third-order valence-electron chi connectivity index (χ3n) is 1.89. The molecule has 60 valence electrons. The van der Waals surface area contributed by atoms with E-state index in [9.17, 15) is 0 Å². The summed E-state index contributed by atoms with van der Waals surface area (Å²) >= 11 is 0. The highest BCUT2D eigenvalue weighted by atomic mass is 14.6. The average Bonchev–Trinajstić information content (AvgIpc) is 2.05. The van der Waals surface area contributed by atoms with Gasteiger partial charge < -0.3 is 0 Å². The normalized spacial score (nSPS) is 10.5. The molecule has 0 spiro atoms. The van der Waals surface area contributed by atoms with Crippen LogP contribution in [0.1, 0.15) is 37.8 Å². The van der Waals surface area contributed by atoms with Gasteiger partial charge in [-0.1, -0.05) is 26.8 Å². The van der Waals surface area contributed by atoms with Crippen LogP contribution in [0, 0.1) is 0 Å². The van der Waals surface area contributed by atoms with Crippen LogP contribution in [0.3, 0.4) is 0 Å². The summed E-state index contributed by atoms with van der Waals surface area (Å²) in [6.07, 6.45) is 4.96. The van der Waals surface area contributed by atoms with Crippen LogP contribution in [0.2, 0.25) is 0 Å². The molecule has 0 atom stereocenters. The minimum absolute atomic E-state index is 0.592. The molecule has 11 heavy (non-hydrogen) atoms. The molecular weight excluding hydrogens is 134 g/mol. The first-order chi connectivity index (χ1) is 5.24. The molecule has 0 fully saturated rings. The Morgan fingerprint density at radius 1 is 1.36 bits per heavy atom. The van der Waals surface area contributed by atoms with Gasteiger partial charge in [0.2, 0.25) is 0 Å². The zero-order valence-corrected chi connectivity index (χ0v) is 7.46. The van der Waals surface area contributed by atoms with Gasteiger partial charge in [0.15, 0.2) is 0 Å². The molecule has 0 bridgehead atoms.